The van der Waals surface area contributed by atoms with Crippen LogP contribution in [0.3, 0.4) is 0 Å². The van der Waals surface area contributed by atoms with Crippen LogP contribution in [0.1, 0.15) is 99.8 Å². The number of anilines is 2. The fraction of sp³-hybridized carbons (Fsp3) is 0.296. The molecule has 6 heteroatoms. The molecule has 0 radical (unpaired) electrons. The maximum atomic E-state index is 6.83. The first-order valence-electron chi connectivity index (χ1n) is 20.8. The largest absolute Gasteiger partial charge is 0.509 e. The van der Waals surface area contributed by atoms with Crippen LogP contribution in [0.25, 0.3) is 38.8 Å². The van der Waals surface area contributed by atoms with E-state index in [2.05, 4.69) is 226 Å². The van der Waals surface area contributed by atoms with Crippen molar-refractivity contribution in [2.45, 2.75) is 99.3 Å². The van der Waals surface area contributed by atoms with Crippen LogP contribution in [0.5, 0.6) is 11.5 Å². The van der Waals surface area contributed by atoms with Crippen molar-refractivity contribution in [2.24, 2.45) is 5.41 Å². The van der Waals surface area contributed by atoms with Gasteiger partial charge in [0.25, 0.3) is 0 Å². The summed E-state index contributed by atoms with van der Waals surface area (Å²) >= 11 is 0. The standard InChI is InChI=1S/C54H57N4O.Pt/c1-51(2,3)38-24-25-55-50(31-38)58-47-21-17-16-20-45(47)46-23-22-43(33-48(46)58)59-44-27-37(36-18-14-13-15-19-36)26-42(32-44)57-35-56(34-49(57)54(10,11)12)41-29-39(52(4,5)6)28-40(30-41)53(7,8)9;/h13-31,34-35H,1-12H3;/q-3;. The number of allylic oxidation sites excluding steroid dienone is 1. The van der Waals surface area contributed by atoms with Crippen LogP contribution in [0.2, 0.25) is 0 Å². The summed E-state index contributed by atoms with van der Waals surface area (Å²) < 4.78 is 9.04. The van der Waals surface area contributed by atoms with Crippen molar-refractivity contribution in [1.82, 2.24) is 9.55 Å². The average Bonchev–Trinajstić information content (AvgIpc) is 3.78. The Morgan fingerprint density at radius 1 is 0.567 bits per heavy atom. The van der Waals surface area contributed by atoms with E-state index in [9.17, 15) is 0 Å². The molecule has 8 rings (SSSR count). The summed E-state index contributed by atoms with van der Waals surface area (Å²) in [6.07, 6.45) is 4.19. The molecular weight excluding hydrogens is 916 g/mol. The van der Waals surface area contributed by atoms with E-state index in [1.165, 1.54) is 16.7 Å². The maximum absolute atomic E-state index is 6.83. The van der Waals surface area contributed by atoms with E-state index in [4.69, 9.17) is 9.72 Å². The number of ether oxygens (including phenoxy) is 1. The minimum atomic E-state index is -0.179. The van der Waals surface area contributed by atoms with Crippen molar-refractivity contribution in [1.29, 1.82) is 0 Å². The van der Waals surface area contributed by atoms with E-state index in [0.29, 0.717) is 11.5 Å². The first kappa shape index (κ1) is 43.0. The number of fused-ring (bicyclic) bond motifs is 3. The Bertz CT molecular complexity index is 2680. The van der Waals surface area contributed by atoms with Crippen molar-refractivity contribution >= 4 is 33.2 Å². The molecule has 2 aromatic heterocycles. The number of nitrogens with zero attached hydrogens (tertiary/aromatic N) is 4. The molecule has 0 amide bonds. The van der Waals surface area contributed by atoms with Crippen LogP contribution in [0, 0.1) is 24.2 Å². The smallest absolute Gasteiger partial charge is 0.135 e. The number of hydrogen-bond acceptors (Lipinski definition) is 4. The molecule has 3 heterocycles. The first-order chi connectivity index (χ1) is 27.7. The second kappa shape index (κ2) is 15.7. The molecule has 0 bridgehead atoms. The molecule has 0 saturated heterocycles. The van der Waals surface area contributed by atoms with E-state index in [1.54, 1.807) is 0 Å². The third kappa shape index (κ3) is 8.57. The van der Waals surface area contributed by atoms with Crippen molar-refractivity contribution in [3.8, 4) is 28.4 Å². The van der Waals surface area contributed by atoms with Gasteiger partial charge in [-0.25, -0.2) is 4.98 Å². The molecule has 0 atom stereocenters. The summed E-state index contributed by atoms with van der Waals surface area (Å²) in [5, 5.41) is 2.24. The van der Waals surface area contributed by atoms with Crippen LogP contribution >= 0.6 is 0 Å². The molecule has 1 aliphatic heterocycles. The molecule has 0 N–H and O–H groups in total. The molecule has 5 nitrogen and oxygen atoms in total. The van der Waals surface area contributed by atoms with Gasteiger partial charge in [0.1, 0.15) is 5.82 Å². The van der Waals surface area contributed by atoms with Crippen LogP contribution < -0.4 is 14.5 Å². The summed E-state index contributed by atoms with van der Waals surface area (Å²) in [6.45, 7) is 29.4. The zero-order valence-corrected chi connectivity index (χ0v) is 39.4. The second-order valence-electron chi connectivity index (χ2n) is 20.1. The van der Waals surface area contributed by atoms with Crippen LogP contribution in [0.4, 0.5) is 11.4 Å². The Morgan fingerprint density at radius 2 is 1.22 bits per heavy atom. The van der Waals surface area contributed by atoms with Gasteiger partial charge in [-0.15, -0.1) is 53.6 Å². The van der Waals surface area contributed by atoms with E-state index >= 15 is 0 Å². The molecule has 0 aliphatic carbocycles. The molecule has 60 heavy (non-hydrogen) atoms. The van der Waals surface area contributed by atoms with Gasteiger partial charge in [-0.05, 0) is 80.4 Å². The quantitative estimate of drug-likeness (QED) is 0.156. The van der Waals surface area contributed by atoms with E-state index in [1.807, 2.05) is 12.3 Å². The van der Waals surface area contributed by atoms with Crippen molar-refractivity contribution in [3.05, 3.63) is 163 Å². The third-order valence-corrected chi connectivity index (χ3v) is 11.3. The van der Waals surface area contributed by atoms with Crippen LogP contribution in [0.15, 0.2) is 127 Å². The normalized spacial score (nSPS) is 13.8. The van der Waals surface area contributed by atoms with Gasteiger partial charge in [0, 0.05) is 61.1 Å². The molecule has 0 saturated carbocycles. The Morgan fingerprint density at radius 3 is 1.87 bits per heavy atom. The van der Waals surface area contributed by atoms with Gasteiger partial charge >= 0.3 is 0 Å². The fourth-order valence-electron chi connectivity index (χ4n) is 7.74. The summed E-state index contributed by atoms with van der Waals surface area (Å²) in [4.78, 5) is 9.43. The minimum absolute atomic E-state index is 0. The van der Waals surface area contributed by atoms with Gasteiger partial charge in [-0.1, -0.05) is 143 Å². The topological polar surface area (TPSA) is 33.5 Å². The number of aromatic nitrogens is 2. The Labute approximate surface area is 372 Å². The zero-order chi connectivity index (χ0) is 42.1. The molecule has 312 valence electrons. The van der Waals surface area contributed by atoms with Crippen molar-refractivity contribution in [2.75, 3.05) is 9.80 Å². The molecule has 0 fully saturated rings. The summed E-state index contributed by atoms with van der Waals surface area (Å²) in [5.74, 6) is 2.07. The third-order valence-electron chi connectivity index (χ3n) is 11.3. The molecular formula is C54H57N4OPt-3. The number of benzene rings is 5. The molecule has 1 aliphatic rings. The number of pyridine rings is 1. The SMILES string of the molecule is CC(C)(C)C1=CN(c2cc(C(C)(C)C)cc(C(C)(C)C)c2)[CH-]N1c1[c-]c(Oc2[c-]c3c(cc2)c2ccccc2n3-c2cc(C(C)(C)C)ccn2)cc(-c2ccccc2)c1.[Pt]. The predicted octanol–water partition coefficient (Wildman–Crippen LogP) is 14.5. The van der Waals surface area contributed by atoms with Gasteiger partial charge < -0.3 is 19.1 Å². The van der Waals surface area contributed by atoms with Gasteiger partial charge in [-0.3, -0.25) is 0 Å². The van der Waals surface area contributed by atoms with Crippen LogP contribution in [-0.2, 0) is 37.3 Å². The molecule has 7 aromatic rings. The van der Waals surface area contributed by atoms with Gasteiger partial charge in [0.2, 0.25) is 0 Å². The number of hydrogen-bond donors (Lipinski definition) is 0. The summed E-state index contributed by atoms with van der Waals surface area (Å²) in [6, 6.07) is 46.1. The Kier molecular flexibility index (Phi) is 11.3. The summed E-state index contributed by atoms with van der Waals surface area (Å²) in [5.41, 5.74) is 11.0. The first-order valence-corrected chi connectivity index (χ1v) is 20.8. The second-order valence-corrected chi connectivity index (χ2v) is 20.1. The van der Waals surface area contributed by atoms with Gasteiger partial charge in [0.15, 0.2) is 0 Å². The van der Waals surface area contributed by atoms with E-state index in [-0.39, 0.29) is 42.7 Å². The Balaban J connectivity index is 0.00000544. The molecule has 0 spiro atoms. The number of rotatable bonds is 6. The zero-order valence-electron chi connectivity index (χ0n) is 37.1. The molecule has 5 aromatic carbocycles. The van der Waals surface area contributed by atoms with Crippen molar-refractivity contribution < 1.29 is 25.8 Å². The number of para-hydroxylation sites is 1. The Hall–Kier alpha value is -5.12. The van der Waals surface area contributed by atoms with E-state index in [0.717, 1.165) is 55.8 Å². The minimum Gasteiger partial charge on any atom is -0.509 e. The summed E-state index contributed by atoms with van der Waals surface area (Å²) in [7, 11) is 0. The van der Waals surface area contributed by atoms with Gasteiger partial charge in [0.05, 0.1) is 0 Å². The van der Waals surface area contributed by atoms with E-state index < -0.39 is 0 Å². The average molecular weight is 973 g/mol. The van der Waals surface area contributed by atoms with Crippen LogP contribution in [-0.4, -0.2) is 9.55 Å². The predicted molar refractivity (Wildman–Crippen MR) is 248 cm³/mol. The monoisotopic (exact) mass is 972 g/mol. The fourth-order valence-corrected chi connectivity index (χ4v) is 7.74. The molecule has 0 unspecified atom stereocenters. The maximum Gasteiger partial charge on any atom is 0.135 e. The van der Waals surface area contributed by atoms with Crippen molar-refractivity contribution in [3.63, 3.8) is 0 Å². The van der Waals surface area contributed by atoms with Gasteiger partial charge in [-0.2, -0.15) is 6.07 Å².